The number of hydrogen-bond acceptors (Lipinski definition) is 4. The molecule has 6 heteroatoms. The number of benzene rings is 1. The lowest BCUT2D eigenvalue weighted by atomic mass is 10.0. The highest BCUT2D eigenvalue weighted by atomic mass is 16.5. The van der Waals surface area contributed by atoms with Crippen molar-refractivity contribution in [1.29, 1.82) is 0 Å². The highest BCUT2D eigenvalue weighted by Crippen LogP contribution is 2.18. The Morgan fingerprint density at radius 3 is 2.74 bits per heavy atom. The van der Waals surface area contributed by atoms with E-state index in [-0.39, 0.29) is 12.0 Å². The van der Waals surface area contributed by atoms with Crippen LogP contribution in [0.5, 0.6) is 0 Å². The molecule has 1 N–H and O–H groups in total. The lowest BCUT2D eigenvalue weighted by Gasteiger charge is -2.33. The van der Waals surface area contributed by atoms with Crippen molar-refractivity contribution in [3.8, 4) is 5.69 Å². The second-order valence-electron chi connectivity index (χ2n) is 7.43. The number of para-hydroxylation sites is 1. The Morgan fingerprint density at radius 1 is 1.19 bits per heavy atom. The van der Waals surface area contributed by atoms with Crippen LogP contribution >= 0.6 is 0 Å². The molecule has 1 unspecified atom stereocenters. The lowest BCUT2D eigenvalue weighted by Crippen LogP contribution is -2.48. The van der Waals surface area contributed by atoms with Crippen molar-refractivity contribution in [2.24, 2.45) is 0 Å². The Labute approximate surface area is 160 Å². The van der Waals surface area contributed by atoms with Crippen molar-refractivity contribution in [2.45, 2.75) is 44.2 Å². The number of nitrogens with zero attached hydrogens (tertiary/aromatic N) is 3. The minimum atomic E-state index is -0.185. The van der Waals surface area contributed by atoms with Gasteiger partial charge >= 0.3 is 0 Å². The Bertz CT molecular complexity index is 732. The van der Waals surface area contributed by atoms with E-state index in [1.165, 1.54) is 5.56 Å². The normalized spacial score (nSPS) is 20.9. The summed E-state index contributed by atoms with van der Waals surface area (Å²) >= 11 is 0. The van der Waals surface area contributed by atoms with E-state index in [1.54, 1.807) is 0 Å². The van der Waals surface area contributed by atoms with Crippen LogP contribution in [-0.2, 0) is 16.0 Å². The maximum Gasteiger partial charge on any atom is 0.251 e. The zero-order chi connectivity index (χ0) is 18.5. The van der Waals surface area contributed by atoms with E-state index in [0.29, 0.717) is 6.04 Å². The summed E-state index contributed by atoms with van der Waals surface area (Å²) in [5.41, 5.74) is 2.32. The van der Waals surface area contributed by atoms with Crippen LogP contribution in [0, 0.1) is 0 Å². The first-order valence-corrected chi connectivity index (χ1v) is 10.0. The molecule has 1 aromatic carbocycles. The summed E-state index contributed by atoms with van der Waals surface area (Å²) in [5.74, 6) is 0.194. The standard InChI is InChI=1S/C21H28N4O2/c26-21(20-7-4-14-27-20)24-12-9-18(10-13-24)22-11-8-17-15-23-25(16-17)19-5-2-1-3-6-19/h1-3,5-6,15-16,18,20,22H,4,7-14H2. The van der Waals surface area contributed by atoms with Gasteiger partial charge in [0.15, 0.2) is 0 Å². The monoisotopic (exact) mass is 368 g/mol. The van der Waals surface area contributed by atoms with E-state index in [9.17, 15) is 4.79 Å². The predicted octanol–water partition coefficient (Wildman–Crippen LogP) is 2.17. The van der Waals surface area contributed by atoms with Gasteiger partial charge in [0, 0.05) is 31.9 Å². The smallest absolute Gasteiger partial charge is 0.251 e. The summed E-state index contributed by atoms with van der Waals surface area (Å²) in [6.45, 7) is 3.34. The van der Waals surface area contributed by atoms with Crippen molar-refractivity contribution >= 4 is 5.91 Å². The third kappa shape index (κ3) is 4.57. The fourth-order valence-electron chi connectivity index (χ4n) is 3.91. The van der Waals surface area contributed by atoms with Crippen molar-refractivity contribution in [3.63, 3.8) is 0 Å². The number of aromatic nitrogens is 2. The molecule has 2 aliphatic rings. The SMILES string of the molecule is O=C(C1CCCO1)N1CCC(NCCc2cnn(-c3ccccc3)c2)CC1. The van der Waals surface area contributed by atoms with E-state index in [4.69, 9.17) is 4.74 Å². The van der Waals surface area contributed by atoms with E-state index in [1.807, 2.05) is 34.0 Å². The molecule has 6 nitrogen and oxygen atoms in total. The van der Waals surface area contributed by atoms with Crippen molar-refractivity contribution in [1.82, 2.24) is 20.0 Å². The third-order valence-corrected chi connectivity index (χ3v) is 5.52. The summed E-state index contributed by atoms with van der Waals surface area (Å²) in [6.07, 6.45) is 8.74. The number of nitrogens with one attached hydrogen (secondary N) is 1. The van der Waals surface area contributed by atoms with Gasteiger partial charge in [-0.1, -0.05) is 18.2 Å². The van der Waals surface area contributed by atoms with E-state index in [2.05, 4.69) is 28.7 Å². The molecule has 1 aromatic heterocycles. The summed E-state index contributed by atoms with van der Waals surface area (Å²) in [4.78, 5) is 14.4. The van der Waals surface area contributed by atoms with Gasteiger partial charge in [0.25, 0.3) is 5.91 Å². The zero-order valence-electron chi connectivity index (χ0n) is 15.7. The molecule has 4 rings (SSSR count). The maximum atomic E-state index is 12.4. The molecule has 2 aliphatic heterocycles. The van der Waals surface area contributed by atoms with E-state index < -0.39 is 0 Å². The first-order valence-electron chi connectivity index (χ1n) is 10.0. The molecule has 144 valence electrons. The van der Waals surface area contributed by atoms with Crippen molar-refractivity contribution in [2.75, 3.05) is 26.2 Å². The molecular formula is C21H28N4O2. The number of hydrogen-bond donors (Lipinski definition) is 1. The topological polar surface area (TPSA) is 59.4 Å². The first kappa shape index (κ1) is 18.2. The molecule has 0 radical (unpaired) electrons. The van der Waals surface area contributed by atoms with Gasteiger partial charge in [0.1, 0.15) is 6.10 Å². The van der Waals surface area contributed by atoms with Crippen LogP contribution in [0.15, 0.2) is 42.7 Å². The average Bonchev–Trinajstić information content (AvgIpc) is 3.41. The van der Waals surface area contributed by atoms with Gasteiger partial charge in [-0.05, 0) is 56.3 Å². The Morgan fingerprint density at radius 2 is 2.00 bits per heavy atom. The van der Waals surface area contributed by atoms with Gasteiger partial charge in [0.2, 0.25) is 0 Å². The molecule has 0 spiro atoms. The molecule has 2 fully saturated rings. The summed E-state index contributed by atoms with van der Waals surface area (Å²) < 4.78 is 7.45. The molecule has 0 aliphatic carbocycles. The van der Waals surface area contributed by atoms with Gasteiger partial charge in [-0.3, -0.25) is 4.79 Å². The van der Waals surface area contributed by atoms with E-state index >= 15 is 0 Å². The number of amides is 1. The molecule has 27 heavy (non-hydrogen) atoms. The molecular weight excluding hydrogens is 340 g/mol. The van der Waals surface area contributed by atoms with Gasteiger partial charge in [-0.2, -0.15) is 5.10 Å². The molecule has 2 saturated heterocycles. The molecule has 1 amide bonds. The van der Waals surface area contributed by atoms with Crippen LogP contribution in [0.3, 0.4) is 0 Å². The van der Waals surface area contributed by atoms with Crippen LogP contribution < -0.4 is 5.32 Å². The molecule has 2 aromatic rings. The van der Waals surface area contributed by atoms with E-state index in [0.717, 1.165) is 64.0 Å². The fraction of sp³-hybridized carbons (Fsp3) is 0.524. The molecule has 0 bridgehead atoms. The highest BCUT2D eigenvalue weighted by Gasteiger charge is 2.30. The van der Waals surface area contributed by atoms with Gasteiger partial charge in [0.05, 0.1) is 11.9 Å². The van der Waals surface area contributed by atoms with Crippen molar-refractivity contribution < 1.29 is 9.53 Å². The molecule has 3 heterocycles. The Balaban J connectivity index is 1.18. The first-order chi connectivity index (χ1) is 13.3. The average molecular weight is 368 g/mol. The number of ether oxygens (including phenoxy) is 1. The lowest BCUT2D eigenvalue weighted by molar-refractivity contribution is -0.142. The van der Waals surface area contributed by atoms with Gasteiger partial charge < -0.3 is 15.0 Å². The predicted molar refractivity (Wildman–Crippen MR) is 104 cm³/mol. The largest absolute Gasteiger partial charge is 0.368 e. The second kappa shape index (κ2) is 8.67. The second-order valence-corrected chi connectivity index (χ2v) is 7.43. The van der Waals surface area contributed by atoms with Crippen LogP contribution in [-0.4, -0.2) is 59.0 Å². The minimum absolute atomic E-state index is 0.185. The summed E-state index contributed by atoms with van der Waals surface area (Å²) in [6, 6.07) is 10.7. The minimum Gasteiger partial charge on any atom is -0.368 e. The quantitative estimate of drug-likeness (QED) is 0.849. The number of piperidine rings is 1. The van der Waals surface area contributed by atoms with Crippen LogP contribution in [0.2, 0.25) is 0 Å². The molecule has 1 atom stereocenters. The van der Waals surface area contributed by atoms with Gasteiger partial charge in [-0.25, -0.2) is 4.68 Å². The third-order valence-electron chi connectivity index (χ3n) is 5.52. The highest BCUT2D eigenvalue weighted by molar-refractivity contribution is 5.81. The van der Waals surface area contributed by atoms with Crippen LogP contribution in [0.4, 0.5) is 0 Å². The number of likely N-dealkylation sites (tertiary alicyclic amines) is 1. The molecule has 0 saturated carbocycles. The maximum absolute atomic E-state index is 12.4. The fourth-order valence-corrected chi connectivity index (χ4v) is 3.91. The van der Waals surface area contributed by atoms with Crippen LogP contribution in [0.1, 0.15) is 31.2 Å². The van der Waals surface area contributed by atoms with Crippen molar-refractivity contribution in [3.05, 3.63) is 48.3 Å². The van der Waals surface area contributed by atoms with Gasteiger partial charge in [-0.15, -0.1) is 0 Å². The summed E-state index contributed by atoms with van der Waals surface area (Å²) in [5, 5.41) is 8.09. The number of carbonyl (C=O) groups excluding carboxylic acids is 1. The number of carbonyl (C=O) groups is 1. The zero-order valence-corrected chi connectivity index (χ0v) is 15.7. The number of rotatable bonds is 6. The van der Waals surface area contributed by atoms with Crippen LogP contribution in [0.25, 0.3) is 5.69 Å². The Hall–Kier alpha value is -2.18. The Kier molecular flexibility index (Phi) is 5.84. The summed E-state index contributed by atoms with van der Waals surface area (Å²) in [7, 11) is 0.